The lowest BCUT2D eigenvalue weighted by atomic mass is 10.2. The molecule has 0 fully saturated rings. The molecule has 7 nitrogen and oxygen atoms in total. The monoisotopic (exact) mass is 361 g/mol. The summed E-state index contributed by atoms with van der Waals surface area (Å²) >= 11 is 0. The fourth-order valence-corrected chi connectivity index (χ4v) is 2.76. The summed E-state index contributed by atoms with van der Waals surface area (Å²) in [6.07, 6.45) is 0.350. The average molecular weight is 361 g/mol. The van der Waals surface area contributed by atoms with Crippen molar-refractivity contribution in [2.75, 3.05) is 5.32 Å². The van der Waals surface area contributed by atoms with E-state index in [1.165, 1.54) is 24.3 Å². The van der Waals surface area contributed by atoms with E-state index < -0.39 is 15.9 Å². The van der Waals surface area contributed by atoms with Crippen LogP contribution in [-0.4, -0.2) is 20.2 Å². The largest absolute Gasteiger partial charge is 0.326 e. The molecule has 25 heavy (non-hydrogen) atoms. The minimum Gasteiger partial charge on any atom is -0.326 e. The Morgan fingerprint density at radius 3 is 2.12 bits per heavy atom. The highest BCUT2D eigenvalue weighted by Gasteiger charge is 2.15. The van der Waals surface area contributed by atoms with E-state index in [4.69, 9.17) is 0 Å². The van der Waals surface area contributed by atoms with Gasteiger partial charge in [-0.15, -0.1) is 4.83 Å². The van der Waals surface area contributed by atoms with Crippen LogP contribution in [0.15, 0.2) is 53.4 Å². The lowest BCUT2D eigenvalue weighted by Crippen LogP contribution is -2.41. The van der Waals surface area contributed by atoms with Crippen molar-refractivity contribution in [2.45, 2.75) is 25.2 Å². The van der Waals surface area contributed by atoms with Crippen molar-refractivity contribution in [1.29, 1.82) is 0 Å². The van der Waals surface area contributed by atoms with Crippen LogP contribution in [0, 0.1) is 6.92 Å². The van der Waals surface area contributed by atoms with Crippen molar-refractivity contribution in [3.05, 3.63) is 59.7 Å². The van der Waals surface area contributed by atoms with Crippen molar-refractivity contribution < 1.29 is 18.0 Å². The third-order valence-corrected chi connectivity index (χ3v) is 4.65. The summed E-state index contributed by atoms with van der Waals surface area (Å²) in [5.74, 6) is -0.743. The SMILES string of the molecule is CCC(=O)Nc1ccc(C(=O)NNS(=O)(=O)c2ccc(C)cc2)cc1. The molecular formula is C17H19N3O4S. The molecule has 0 bridgehead atoms. The number of carbonyl (C=O) groups is 2. The van der Waals surface area contributed by atoms with Crippen molar-refractivity contribution >= 4 is 27.5 Å². The van der Waals surface area contributed by atoms with Gasteiger partial charge in [0.2, 0.25) is 5.91 Å². The molecule has 2 rings (SSSR count). The van der Waals surface area contributed by atoms with Crippen LogP contribution in [-0.2, 0) is 14.8 Å². The van der Waals surface area contributed by atoms with E-state index >= 15 is 0 Å². The zero-order chi connectivity index (χ0) is 18.4. The number of hydrogen-bond donors (Lipinski definition) is 3. The van der Waals surface area contributed by atoms with Gasteiger partial charge in [0.25, 0.3) is 15.9 Å². The summed E-state index contributed by atoms with van der Waals surface area (Å²) in [5.41, 5.74) is 3.90. The number of carbonyl (C=O) groups excluding carboxylic acids is 2. The Bertz CT molecular complexity index is 860. The van der Waals surface area contributed by atoms with Crippen molar-refractivity contribution in [3.8, 4) is 0 Å². The minimum absolute atomic E-state index is 0.0519. The van der Waals surface area contributed by atoms with Crippen LogP contribution in [0.5, 0.6) is 0 Å². The van der Waals surface area contributed by atoms with E-state index in [0.29, 0.717) is 12.1 Å². The van der Waals surface area contributed by atoms with E-state index in [2.05, 4.69) is 15.6 Å². The van der Waals surface area contributed by atoms with E-state index in [-0.39, 0.29) is 16.4 Å². The Kier molecular flexibility index (Phi) is 5.89. The first-order chi connectivity index (χ1) is 11.8. The van der Waals surface area contributed by atoms with E-state index in [1.807, 2.05) is 6.92 Å². The molecule has 2 amide bonds. The highest BCUT2D eigenvalue weighted by molar-refractivity contribution is 7.89. The van der Waals surface area contributed by atoms with Gasteiger partial charge in [-0.1, -0.05) is 24.6 Å². The first-order valence-corrected chi connectivity index (χ1v) is 9.09. The molecule has 0 radical (unpaired) electrons. The van der Waals surface area contributed by atoms with Gasteiger partial charge in [0.05, 0.1) is 4.90 Å². The highest BCUT2D eigenvalue weighted by Crippen LogP contribution is 2.11. The number of hydrogen-bond acceptors (Lipinski definition) is 4. The van der Waals surface area contributed by atoms with Crippen molar-refractivity contribution in [2.24, 2.45) is 0 Å². The maximum Gasteiger partial charge on any atom is 0.266 e. The molecule has 8 heteroatoms. The minimum atomic E-state index is -3.85. The molecule has 0 aliphatic carbocycles. The number of rotatable bonds is 6. The Morgan fingerprint density at radius 1 is 0.960 bits per heavy atom. The summed E-state index contributed by atoms with van der Waals surface area (Å²) in [7, 11) is -3.85. The van der Waals surface area contributed by atoms with Crippen LogP contribution in [0.2, 0.25) is 0 Å². The van der Waals surface area contributed by atoms with E-state index in [1.54, 1.807) is 31.2 Å². The standard InChI is InChI=1S/C17H19N3O4S/c1-3-16(21)18-14-8-6-13(7-9-14)17(22)19-20-25(23,24)15-10-4-12(2)5-11-15/h4-11,20H,3H2,1-2H3,(H,18,21)(H,19,22). The molecule has 3 N–H and O–H groups in total. The molecule has 132 valence electrons. The van der Waals surface area contributed by atoms with Gasteiger partial charge in [-0.3, -0.25) is 15.0 Å². The molecule has 0 aromatic heterocycles. The summed E-state index contributed by atoms with van der Waals surface area (Å²) in [5, 5.41) is 2.66. The summed E-state index contributed by atoms with van der Waals surface area (Å²) in [6, 6.07) is 12.3. The number of nitrogens with one attached hydrogen (secondary N) is 3. The molecule has 0 aliphatic heterocycles. The summed E-state index contributed by atoms with van der Waals surface area (Å²) in [4.78, 5) is 25.4. The molecule has 0 saturated heterocycles. The van der Waals surface area contributed by atoms with Crippen LogP contribution in [0.25, 0.3) is 0 Å². The summed E-state index contributed by atoms with van der Waals surface area (Å²) < 4.78 is 24.2. The van der Waals surface area contributed by atoms with E-state index in [0.717, 1.165) is 5.56 Å². The molecule has 2 aromatic carbocycles. The second-order valence-corrected chi connectivity index (χ2v) is 7.03. The molecule has 0 aliphatic rings. The Morgan fingerprint density at radius 2 is 1.56 bits per heavy atom. The number of benzene rings is 2. The Hall–Kier alpha value is -2.71. The zero-order valence-corrected chi connectivity index (χ0v) is 14.7. The fourth-order valence-electron chi connectivity index (χ4n) is 1.92. The third-order valence-electron chi connectivity index (χ3n) is 3.38. The van der Waals surface area contributed by atoms with Gasteiger partial charge < -0.3 is 5.32 Å². The molecule has 0 atom stereocenters. The van der Waals surface area contributed by atoms with Crippen LogP contribution >= 0.6 is 0 Å². The Labute approximate surface area is 146 Å². The maximum atomic E-state index is 12.1. The highest BCUT2D eigenvalue weighted by atomic mass is 32.2. The number of aryl methyl sites for hydroxylation is 1. The molecular weight excluding hydrogens is 342 g/mol. The van der Waals surface area contributed by atoms with Crippen LogP contribution in [0.1, 0.15) is 29.3 Å². The molecule has 2 aromatic rings. The lowest BCUT2D eigenvalue weighted by Gasteiger charge is -2.09. The van der Waals surface area contributed by atoms with Gasteiger partial charge in [0, 0.05) is 17.7 Å². The smallest absolute Gasteiger partial charge is 0.266 e. The first-order valence-electron chi connectivity index (χ1n) is 7.60. The van der Waals surface area contributed by atoms with Gasteiger partial charge in [0.15, 0.2) is 0 Å². The second-order valence-electron chi connectivity index (χ2n) is 5.35. The van der Waals surface area contributed by atoms with Gasteiger partial charge in [-0.25, -0.2) is 8.42 Å². The Balaban J connectivity index is 1.99. The van der Waals surface area contributed by atoms with Gasteiger partial charge in [-0.2, -0.15) is 0 Å². The predicted molar refractivity (Wildman–Crippen MR) is 94.3 cm³/mol. The van der Waals surface area contributed by atoms with Crippen molar-refractivity contribution in [3.63, 3.8) is 0 Å². The topological polar surface area (TPSA) is 104 Å². The predicted octanol–water partition coefficient (Wildman–Crippen LogP) is 1.97. The van der Waals surface area contributed by atoms with Gasteiger partial charge in [0.1, 0.15) is 0 Å². The fraction of sp³-hybridized carbons (Fsp3) is 0.176. The number of sulfonamides is 1. The van der Waals surface area contributed by atoms with E-state index in [9.17, 15) is 18.0 Å². The molecule has 0 unspecified atom stereocenters. The maximum absolute atomic E-state index is 12.1. The second kappa shape index (κ2) is 7.91. The number of hydrazine groups is 1. The quantitative estimate of drug-likeness (QED) is 0.684. The number of anilines is 1. The van der Waals surface area contributed by atoms with Crippen LogP contribution in [0.3, 0.4) is 0 Å². The first kappa shape index (κ1) is 18.6. The summed E-state index contributed by atoms with van der Waals surface area (Å²) in [6.45, 7) is 3.58. The lowest BCUT2D eigenvalue weighted by molar-refractivity contribution is -0.115. The van der Waals surface area contributed by atoms with Gasteiger partial charge in [-0.05, 0) is 43.3 Å². The normalized spacial score (nSPS) is 11.0. The van der Waals surface area contributed by atoms with Crippen LogP contribution in [0.4, 0.5) is 5.69 Å². The van der Waals surface area contributed by atoms with Gasteiger partial charge >= 0.3 is 0 Å². The van der Waals surface area contributed by atoms with Crippen molar-refractivity contribution in [1.82, 2.24) is 10.3 Å². The average Bonchev–Trinajstić information content (AvgIpc) is 2.60. The molecule has 0 heterocycles. The zero-order valence-electron chi connectivity index (χ0n) is 13.9. The molecule has 0 spiro atoms. The third kappa shape index (κ3) is 5.13. The molecule has 0 saturated carbocycles. The number of amides is 2. The van der Waals surface area contributed by atoms with Crippen LogP contribution < -0.4 is 15.6 Å².